The number of primary amides is 1. The van der Waals surface area contributed by atoms with Crippen molar-refractivity contribution in [3.05, 3.63) is 65.2 Å². The number of rotatable bonds is 6. The molecule has 6 heteroatoms. The third-order valence-corrected chi connectivity index (χ3v) is 4.84. The van der Waals surface area contributed by atoms with Gasteiger partial charge in [0.1, 0.15) is 12.4 Å². The van der Waals surface area contributed by atoms with E-state index in [2.05, 4.69) is 5.32 Å². The predicted molar refractivity (Wildman–Crippen MR) is 104 cm³/mol. The van der Waals surface area contributed by atoms with E-state index >= 15 is 0 Å². The number of hydrogen-bond donors (Lipinski definition) is 2. The Kier molecular flexibility index (Phi) is 6.08. The van der Waals surface area contributed by atoms with E-state index in [1.807, 2.05) is 36.2 Å². The minimum atomic E-state index is -0.529. The molecule has 0 aliphatic carbocycles. The summed E-state index contributed by atoms with van der Waals surface area (Å²) < 4.78 is 5.76. The van der Waals surface area contributed by atoms with Crippen LogP contribution in [-0.2, 0) is 6.61 Å². The molecule has 2 amide bonds. The summed E-state index contributed by atoms with van der Waals surface area (Å²) in [4.78, 5) is 26.2. The van der Waals surface area contributed by atoms with Crippen LogP contribution in [0.25, 0.3) is 0 Å². The number of amides is 2. The Hall–Kier alpha value is -2.86. The molecule has 0 unspecified atom stereocenters. The van der Waals surface area contributed by atoms with Crippen LogP contribution in [0.4, 0.5) is 0 Å². The van der Waals surface area contributed by atoms with Gasteiger partial charge in [-0.2, -0.15) is 0 Å². The summed E-state index contributed by atoms with van der Waals surface area (Å²) in [5.41, 5.74) is 7.23. The number of carbonyl (C=O) groups excluding carboxylic acids is 2. The molecule has 1 atom stereocenters. The number of piperidine rings is 1. The van der Waals surface area contributed by atoms with Gasteiger partial charge in [0.15, 0.2) is 0 Å². The first kappa shape index (κ1) is 18.9. The molecule has 0 spiro atoms. The Balaban J connectivity index is 1.69. The summed E-state index contributed by atoms with van der Waals surface area (Å²) >= 11 is 0. The smallest absolute Gasteiger partial charge is 0.253 e. The monoisotopic (exact) mass is 367 g/mol. The number of carbonyl (C=O) groups is 2. The van der Waals surface area contributed by atoms with E-state index in [0.717, 1.165) is 31.5 Å². The Morgan fingerprint density at radius 1 is 1.22 bits per heavy atom. The zero-order valence-electron chi connectivity index (χ0n) is 15.5. The van der Waals surface area contributed by atoms with Crippen molar-refractivity contribution in [2.75, 3.05) is 20.1 Å². The number of benzene rings is 2. The van der Waals surface area contributed by atoms with E-state index in [4.69, 9.17) is 10.5 Å². The lowest BCUT2D eigenvalue weighted by Gasteiger charge is -2.32. The average molecular weight is 367 g/mol. The van der Waals surface area contributed by atoms with Crippen LogP contribution in [0.3, 0.4) is 0 Å². The van der Waals surface area contributed by atoms with E-state index in [1.165, 1.54) is 0 Å². The number of likely N-dealkylation sites (N-methyl/N-ethyl adjacent to an activating group) is 1. The number of para-hydroxylation sites is 1. The molecule has 1 saturated heterocycles. The molecule has 0 radical (unpaired) electrons. The molecule has 27 heavy (non-hydrogen) atoms. The summed E-state index contributed by atoms with van der Waals surface area (Å²) in [5, 5.41) is 3.25. The molecule has 1 heterocycles. The number of likely N-dealkylation sites (tertiary alicyclic amines) is 1. The molecule has 142 valence electrons. The Bertz CT molecular complexity index is 822. The zero-order valence-corrected chi connectivity index (χ0v) is 15.5. The fourth-order valence-electron chi connectivity index (χ4n) is 3.33. The van der Waals surface area contributed by atoms with Crippen LogP contribution in [0, 0.1) is 0 Å². The van der Waals surface area contributed by atoms with E-state index in [0.29, 0.717) is 22.9 Å². The van der Waals surface area contributed by atoms with Gasteiger partial charge in [0.05, 0.1) is 5.56 Å². The van der Waals surface area contributed by atoms with Gasteiger partial charge in [-0.15, -0.1) is 0 Å². The van der Waals surface area contributed by atoms with Crippen molar-refractivity contribution >= 4 is 11.8 Å². The van der Waals surface area contributed by atoms with Gasteiger partial charge in [0.25, 0.3) is 11.8 Å². The largest absolute Gasteiger partial charge is 0.488 e. The molecule has 2 aromatic rings. The normalized spacial score (nSPS) is 16.8. The van der Waals surface area contributed by atoms with Gasteiger partial charge < -0.3 is 20.7 Å². The molecule has 1 aliphatic rings. The lowest BCUT2D eigenvalue weighted by atomic mass is 10.0. The maximum atomic E-state index is 12.8. The van der Waals surface area contributed by atoms with Gasteiger partial charge in [-0.25, -0.2) is 0 Å². The van der Waals surface area contributed by atoms with Crippen molar-refractivity contribution in [2.45, 2.75) is 25.5 Å². The van der Waals surface area contributed by atoms with E-state index in [9.17, 15) is 9.59 Å². The molecule has 0 bridgehead atoms. The highest BCUT2D eigenvalue weighted by atomic mass is 16.5. The molecular formula is C21H25N3O3. The van der Waals surface area contributed by atoms with Crippen molar-refractivity contribution < 1.29 is 14.3 Å². The maximum absolute atomic E-state index is 12.8. The molecule has 3 rings (SSSR count). The SMILES string of the molecule is CN[C@@H]1CCCN(C(=O)c2cccc(COc3ccccc3C(N)=O)c2)C1. The van der Waals surface area contributed by atoms with E-state index < -0.39 is 5.91 Å². The van der Waals surface area contributed by atoms with Crippen LogP contribution < -0.4 is 15.8 Å². The summed E-state index contributed by atoms with van der Waals surface area (Å²) in [7, 11) is 1.93. The van der Waals surface area contributed by atoms with Crippen LogP contribution in [0.5, 0.6) is 5.75 Å². The Morgan fingerprint density at radius 2 is 2.04 bits per heavy atom. The molecule has 2 aromatic carbocycles. The van der Waals surface area contributed by atoms with Gasteiger partial charge in [-0.3, -0.25) is 9.59 Å². The second-order valence-electron chi connectivity index (χ2n) is 6.73. The molecular weight excluding hydrogens is 342 g/mol. The molecule has 0 saturated carbocycles. The van der Waals surface area contributed by atoms with Crippen LogP contribution >= 0.6 is 0 Å². The number of nitrogens with one attached hydrogen (secondary N) is 1. The highest BCUT2D eigenvalue weighted by molar-refractivity contribution is 5.95. The van der Waals surface area contributed by atoms with Crippen LogP contribution in [0.2, 0.25) is 0 Å². The summed E-state index contributed by atoms with van der Waals surface area (Å²) in [6, 6.07) is 14.6. The third kappa shape index (κ3) is 4.65. The van der Waals surface area contributed by atoms with Gasteiger partial charge in [0.2, 0.25) is 0 Å². The quantitative estimate of drug-likeness (QED) is 0.820. The first-order valence-corrected chi connectivity index (χ1v) is 9.15. The number of hydrogen-bond acceptors (Lipinski definition) is 4. The lowest BCUT2D eigenvalue weighted by Crippen LogP contribution is -2.46. The topological polar surface area (TPSA) is 84.7 Å². The van der Waals surface area contributed by atoms with E-state index in [1.54, 1.807) is 24.3 Å². The lowest BCUT2D eigenvalue weighted by molar-refractivity contribution is 0.0698. The maximum Gasteiger partial charge on any atom is 0.253 e. The minimum Gasteiger partial charge on any atom is -0.488 e. The molecule has 0 aromatic heterocycles. The number of ether oxygens (including phenoxy) is 1. The average Bonchev–Trinajstić information content (AvgIpc) is 2.72. The Labute approximate surface area is 159 Å². The van der Waals surface area contributed by atoms with Crippen LogP contribution in [0.1, 0.15) is 39.1 Å². The van der Waals surface area contributed by atoms with Gasteiger partial charge in [-0.1, -0.05) is 24.3 Å². The second-order valence-corrected chi connectivity index (χ2v) is 6.73. The highest BCUT2D eigenvalue weighted by Gasteiger charge is 2.23. The number of nitrogens with zero attached hydrogens (tertiary/aromatic N) is 1. The number of nitrogens with two attached hydrogens (primary N) is 1. The Morgan fingerprint density at radius 3 is 2.81 bits per heavy atom. The fraction of sp³-hybridized carbons (Fsp3) is 0.333. The first-order valence-electron chi connectivity index (χ1n) is 9.15. The van der Waals surface area contributed by atoms with Crippen LogP contribution in [-0.4, -0.2) is 42.9 Å². The minimum absolute atomic E-state index is 0.0364. The highest BCUT2D eigenvalue weighted by Crippen LogP contribution is 2.20. The van der Waals surface area contributed by atoms with Crippen molar-refractivity contribution in [3.8, 4) is 5.75 Å². The van der Waals surface area contributed by atoms with Crippen molar-refractivity contribution in [2.24, 2.45) is 5.73 Å². The summed E-state index contributed by atoms with van der Waals surface area (Å²) in [6.45, 7) is 1.76. The van der Waals surface area contributed by atoms with Crippen LogP contribution in [0.15, 0.2) is 48.5 Å². The van der Waals surface area contributed by atoms with E-state index in [-0.39, 0.29) is 12.5 Å². The third-order valence-electron chi connectivity index (χ3n) is 4.84. The fourth-order valence-corrected chi connectivity index (χ4v) is 3.33. The summed E-state index contributed by atoms with van der Waals surface area (Å²) in [6.07, 6.45) is 2.09. The molecule has 1 fully saturated rings. The van der Waals surface area contributed by atoms with Gasteiger partial charge >= 0.3 is 0 Å². The second kappa shape index (κ2) is 8.68. The molecule has 1 aliphatic heterocycles. The zero-order chi connectivity index (χ0) is 19.2. The summed E-state index contributed by atoms with van der Waals surface area (Å²) in [5.74, 6) is -0.0531. The predicted octanol–water partition coefficient (Wildman–Crippen LogP) is 2.19. The van der Waals surface area contributed by atoms with Gasteiger partial charge in [0, 0.05) is 24.7 Å². The van der Waals surface area contributed by atoms with Crippen molar-refractivity contribution in [3.63, 3.8) is 0 Å². The van der Waals surface area contributed by atoms with Crippen molar-refractivity contribution in [1.29, 1.82) is 0 Å². The van der Waals surface area contributed by atoms with Crippen molar-refractivity contribution in [1.82, 2.24) is 10.2 Å². The first-order chi connectivity index (χ1) is 13.1. The molecule has 6 nitrogen and oxygen atoms in total. The molecule has 3 N–H and O–H groups in total. The standard InChI is InChI=1S/C21H25N3O3/c1-23-17-8-5-11-24(13-17)21(26)16-7-4-6-15(12-16)14-27-19-10-3-2-9-18(19)20(22)25/h2-4,6-7,9-10,12,17,23H,5,8,11,13-14H2,1H3,(H2,22,25)/t17-/m1/s1. The van der Waals surface area contributed by atoms with Gasteiger partial charge in [-0.05, 0) is 49.7 Å².